The summed E-state index contributed by atoms with van der Waals surface area (Å²) in [6.45, 7) is 4.60. The third-order valence-corrected chi connectivity index (χ3v) is 4.63. The predicted molar refractivity (Wildman–Crippen MR) is 116 cm³/mol. The number of anilines is 1. The first-order valence-electron chi connectivity index (χ1n) is 9.15. The molecule has 0 saturated heterocycles. The minimum absolute atomic E-state index is 0.269. The van der Waals surface area contributed by atoms with Gasteiger partial charge in [0.1, 0.15) is 12.4 Å². The number of nitrogens with zero attached hydrogens (tertiary/aromatic N) is 4. The molecule has 0 bridgehead atoms. The molecular weight excluding hydrogens is 370 g/mol. The lowest BCUT2D eigenvalue weighted by Gasteiger charge is -2.11. The standard InChI is InChI=1S/C21H25N5OS/c1-15(2)17-7-11-19(12-8-17)27-14-20-23-24-21(28)26(20)22-13-16-5-9-18(10-6-16)25(3)4/h5-13,15H,14H2,1-4H3,(H,24,28)/b22-13-. The van der Waals surface area contributed by atoms with Crippen LogP contribution in [0, 0.1) is 4.77 Å². The fourth-order valence-corrected chi connectivity index (χ4v) is 2.81. The molecule has 0 aliphatic carbocycles. The highest BCUT2D eigenvalue weighted by atomic mass is 32.1. The Bertz CT molecular complexity index is 985. The summed E-state index contributed by atoms with van der Waals surface area (Å²) in [5.41, 5.74) is 3.39. The van der Waals surface area contributed by atoms with E-state index in [-0.39, 0.29) is 6.61 Å². The molecule has 2 aromatic carbocycles. The summed E-state index contributed by atoms with van der Waals surface area (Å²) in [6, 6.07) is 16.2. The Labute approximate surface area is 170 Å². The molecule has 0 spiro atoms. The number of H-pyrrole nitrogens is 1. The van der Waals surface area contributed by atoms with E-state index in [9.17, 15) is 0 Å². The van der Waals surface area contributed by atoms with E-state index in [1.165, 1.54) is 5.56 Å². The zero-order chi connectivity index (χ0) is 20.1. The molecule has 3 aromatic rings. The SMILES string of the molecule is CC(C)c1ccc(OCc2n[nH]c(=S)n2/N=C\c2ccc(N(C)C)cc2)cc1. The van der Waals surface area contributed by atoms with Crippen molar-refractivity contribution in [1.29, 1.82) is 0 Å². The van der Waals surface area contributed by atoms with E-state index < -0.39 is 0 Å². The number of rotatable bonds is 7. The summed E-state index contributed by atoms with van der Waals surface area (Å²) in [6.07, 6.45) is 1.76. The Morgan fingerprint density at radius 1 is 1.14 bits per heavy atom. The molecule has 3 rings (SSSR count). The van der Waals surface area contributed by atoms with E-state index in [1.807, 2.05) is 50.5 Å². The Morgan fingerprint density at radius 3 is 2.43 bits per heavy atom. The second-order valence-electron chi connectivity index (χ2n) is 7.00. The average molecular weight is 396 g/mol. The predicted octanol–water partition coefficient (Wildman–Crippen LogP) is 4.59. The van der Waals surface area contributed by atoms with Crippen molar-refractivity contribution in [2.24, 2.45) is 5.10 Å². The highest BCUT2D eigenvalue weighted by Gasteiger charge is 2.07. The minimum atomic E-state index is 0.269. The molecule has 1 N–H and O–H groups in total. The van der Waals surface area contributed by atoms with Crippen LogP contribution >= 0.6 is 12.2 Å². The monoisotopic (exact) mass is 395 g/mol. The van der Waals surface area contributed by atoms with Crippen molar-refractivity contribution in [3.8, 4) is 5.75 Å². The molecule has 6 nitrogen and oxygen atoms in total. The largest absolute Gasteiger partial charge is 0.486 e. The van der Waals surface area contributed by atoms with Gasteiger partial charge in [0.05, 0.1) is 6.21 Å². The third kappa shape index (κ3) is 4.86. The maximum atomic E-state index is 5.85. The number of benzene rings is 2. The Kier molecular flexibility index (Phi) is 6.26. The van der Waals surface area contributed by atoms with Crippen LogP contribution in [0.25, 0.3) is 0 Å². The quantitative estimate of drug-likeness (QED) is 0.469. The molecule has 0 amide bonds. The van der Waals surface area contributed by atoms with Crippen LogP contribution in [0.5, 0.6) is 5.75 Å². The van der Waals surface area contributed by atoms with Gasteiger partial charge in [0.2, 0.25) is 4.77 Å². The van der Waals surface area contributed by atoms with Gasteiger partial charge >= 0.3 is 0 Å². The van der Waals surface area contributed by atoms with Crippen LogP contribution in [0.2, 0.25) is 0 Å². The highest BCUT2D eigenvalue weighted by Crippen LogP contribution is 2.19. The molecule has 0 saturated carbocycles. The van der Waals surface area contributed by atoms with Crippen molar-refractivity contribution in [3.63, 3.8) is 0 Å². The topological polar surface area (TPSA) is 58.4 Å². The van der Waals surface area contributed by atoms with E-state index in [0.717, 1.165) is 17.0 Å². The second-order valence-corrected chi connectivity index (χ2v) is 7.39. The van der Waals surface area contributed by atoms with Crippen LogP contribution in [0.4, 0.5) is 5.69 Å². The first kappa shape index (κ1) is 19.8. The van der Waals surface area contributed by atoms with Crippen molar-refractivity contribution < 1.29 is 4.74 Å². The molecule has 0 atom stereocenters. The van der Waals surface area contributed by atoms with Crippen LogP contribution in [-0.2, 0) is 6.61 Å². The number of ether oxygens (including phenoxy) is 1. The number of aromatic nitrogens is 3. The molecule has 0 aliphatic rings. The van der Waals surface area contributed by atoms with E-state index in [4.69, 9.17) is 17.0 Å². The smallest absolute Gasteiger partial charge is 0.216 e. The van der Waals surface area contributed by atoms with Crippen molar-refractivity contribution in [1.82, 2.24) is 14.9 Å². The zero-order valence-electron chi connectivity index (χ0n) is 16.6. The Balaban J connectivity index is 1.70. The van der Waals surface area contributed by atoms with Gasteiger partial charge in [-0.3, -0.25) is 0 Å². The molecule has 7 heteroatoms. The van der Waals surface area contributed by atoms with Crippen molar-refractivity contribution in [3.05, 3.63) is 70.3 Å². The van der Waals surface area contributed by atoms with Crippen LogP contribution in [0.3, 0.4) is 0 Å². The van der Waals surface area contributed by atoms with Gasteiger partial charge in [-0.05, 0) is 53.5 Å². The van der Waals surface area contributed by atoms with E-state index in [2.05, 4.69) is 46.2 Å². The first-order chi connectivity index (χ1) is 13.4. The Hall–Kier alpha value is -2.93. The van der Waals surface area contributed by atoms with Crippen molar-refractivity contribution in [2.45, 2.75) is 26.4 Å². The minimum Gasteiger partial charge on any atom is -0.486 e. The van der Waals surface area contributed by atoms with Gasteiger partial charge in [-0.15, -0.1) is 0 Å². The molecule has 0 fully saturated rings. The number of aromatic amines is 1. The van der Waals surface area contributed by atoms with Gasteiger partial charge in [-0.2, -0.15) is 14.9 Å². The van der Waals surface area contributed by atoms with Gasteiger partial charge in [-0.1, -0.05) is 38.1 Å². The van der Waals surface area contributed by atoms with Crippen molar-refractivity contribution >= 4 is 24.1 Å². The fraction of sp³-hybridized carbons (Fsp3) is 0.286. The van der Waals surface area contributed by atoms with Crippen LogP contribution < -0.4 is 9.64 Å². The molecular formula is C21H25N5OS. The number of hydrogen-bond donors (Lipinski definition) is 1. The lowest BCUT2D eigenvalue weighted by atomic mass is 10.0. The number of nitrogens with one attached hydrogen (secondary N) is 1. The van der Waals surface area contributed by atoms with Gasteiger partial charge < -0.3 is 9.64 Å². The molecule has 146 valence electrons. The van der Waals surface area contributed by atoms with E-state index >= 15 is 0 Å². The third-order valence-electron chi connectivity index (χ3n) is 4.36. The number of hydrogen-bond acceptors (Lipinski definition) is 5. The summed E-state index contributed by atoms with van der Waals surface area (Å²) < 4.78 is 7.85. The highest BCUT2D eigenvalue weighted by molar-refractivity contribution is 7.71. The van der Waals surface area contributed by atoms with Crippen LogP contribution in [0.15, 0.2) is 53.6 Å². The maximum absolute atomic E-state index is 5.85. The summed E-state index contributed by atoms with van der Waals surface area (Å²) in [7, 11) is 4.02. The van der Waals surface area contributed by atoms with E-state index in [1.54, 1.807) is 10.9 Å². The van der Waals surface area contributed by atoms with Crippen LogP contribution in [0.1, 0.15) is 36.7 Å². The maximum Gasteiger partial charge on any atom is 0.216 e. The molecule has 1 heterocycles. The lowest BCUT2D eigenvalue weighted by molar-refractivity contribution is 0.290. The summed E-state index contributed by atoms with van der Waals surface area (Å²) in [4.78, 5) is 2.05. The van der Waals surface area contributed by atoms with Crippen LogP contribution in [-0.4, -0.2) is 35.2 Å². The first-order valence-corrected chi connectivity index (χ1v) is 9.55. The van der Waals surface area contributed by atoms with Gasteiger partial charge in [0.15, 0.2) is 5.82 Å². The summed E-state index contributed by atoms with van der Waals surface area (Å²) >= 11 is 5.29. The lowest BCUT2D eigenvalue weighted by Crippen LogP contribution is -2.08. The summed E-state index contributed by atoms with van der Waals surface area (Å²) in [5.74, 6) is 1.89. The van der Waals surface area contributed by atoms with Gasteiger partial charge in [0, 0.05) is 19.8 Å². The van der Waals surface area contributed by atoms with E-state index in [0.29, 0.717) is 16.5 Å². The van der Waals surface area contributed by atoms with Crippen molar-refractivity contribution in [2.75, 3.05) is 19.0 Å². The normalized spacial score (nSPS) is 11.3. The molecule has 0 radical (unpaired) electrons. The van der Waals surface area contributed by atoms with Gasteiger partial charge in [0.25, 0.3) is 0 Å². The molecule has 28 heavy (non-hydrogen) atoms. The van der Waals surface area contributed by atoms with Gasteiger partial charge in [-0.25, -0.2) is 5.10 Å². The summed E-state index contributed by atoms with van der Waals surface area (Å²) in [5, 5.41) is 11.5. The molecule has 1 aromatic heterocycles. The average Bonchev–Trinajstić information content (AvgIpc) is 3.05. The molecule has 0 unspecified atom stereocenters. The molecule has 0 aliphatic heterocycles. The second kappa shape index (κ2) is 8.84. The zero-order valence-corrected chi connectivity index (χ0v) is 17.4. The fourth-order valence-electron chi connectivity index (χ4n) is 2.62. The Morgan fingerprint density at radius 2 is 1.82 bits per heavy atom.